The largest absolute Gasteiger partial charge is 0.316 e. The van der Waals surface area contributed by atoms with Crippen molar-refractivity contribution in [3.63, 3.8) is 0 Å². The third-order valence-electron chi connectivity index (χ3n) is 2.75. The SMILES string of the molecule is CCCCCNCC(C)Sc1ccc(C)cc1. The van der Waals surface area contributed by atoms with Crippen LogP contribution in [0.15, 0.2) is 29.2 Å². The van der Waals surface area contributed by atoms with Crippen LogP contribution >= 0.6 is 11.8 Å². The standard InChI is InChI=1S/C15H25NS/c1-4-5-6-11-16-12-14(3)17-15-9-7-13(2)8-10-15/h7-10,14,16H,4-6,11-12H2,1-3H3. The smallest absolute Gasteiger partial charge is 0.0191 e. The minimum atomic E-state index is 0.638. The van der Waals surface area contributed by atoms with Crippen molar-refractivity contribution in [2.75, 3.05) is 13.1 Å². The molecule has 17 heavy (non-hydrogen) atoms. The highest BCUT2D eigenvalue weighted by atomic mass is 32.2. The summed E-state index contributed by atoms with van der Waals surface area (Å²) in [5, 5.41) is 4.17. The van der Waals surface area contributed by atoms with E-state index in [2.05, 4.69) is 50.4 Å². The van der Waals surface area contributed by atoms with Crippen LogP contribution in [-0.4, -0.2) is 18.3 Å². The first kappa shape index (κ1) is 14.6. The van der Waals surface area contributed by atoms with Crippen LogP contribution in [-0.2, 0) is 0 Å². The predicted molar refractivity (Wildman–Crippen MR) is 78.9 cm³/mol. The van der Waals surface area contributed by atoms with Crippen molar-refractivity contribution in [1.82, 2.24) is 5.32 Å². The van der Waals surface area contributed by atoms with Gasteiger partial charge < -0.3 is 5.32 Å². The van der Waals surface area contributed by atoms with Gasteiger partial charge in [0, 0.05) is 16.7 Å². The first-order valence-corrected chi connectivity index (χ1v) is 7.54. The van der Waals surface area contributed by atoms with Crippen LogP contribution in [0.4, 0.5) is 0 Å². The molecule has 0 saturated carbocycles. The summed E-state index contributed by atoms with van der Waals surface area (Å²) in [6.45, 7) is 8.93. The van der Waals surface area contributed by atoms with E-state index in [1.54, 1.807) is 0 Å². The predicted octanol–water partition coefficient (Wildman–Crippen LogP) is 4.26. The summed E-state index contributed by atoms with van der Waals surface area (Å²) in [5.74, 6) is 0. The minimum absolute atomic E-state index is 0.638. The normalized spacial score (nSPS) is 12.6. The maximum atomic E-state index is 3.53. The Morgan fingerprint density at radius 1 is 1.18 bits per heavy atom. The maximum absolute atomic E-state index is 3.53. The zero-order chi connectivity index (χ0) is 12.5. The zero-order valence-corrected chi connectivity index (χ0v) is 12.1. The van der Waals surface area contributed by atoms with Crippen molar-refractivity contribution in [1.29, 1.82) is 0 Å². The van der Waals surface area contributed by atoms with Crippen molar-refractivity contribution in [2.24, 2.45) is 0 Å². The summed E-state index contributed by atoms with van der Waals surface area (Å²) < 4.78 is 0. The van der Waals surface area contributed by atoms with Crippen LogP contribution in [0.5, 0.6) is 0 Å². The van der Waals surface area contributed by atoms with Crippen LogP contribution in [0.1, 0.15) is 38.7 Å². The molecule has 0 saturated heterocycles. The van der Waals surface area contributed by atoms with Gasteiger partial charge in [-0.15, -0.1) is 11.8 Å². The molecule has 0 bridgehead atoms. The molecule has 2 heteroatoms. The second-order valence-corrected chi connectivity index (χ2v) is 6.16. The molecule has 96 valence electrons. The van der Waals surface area contributed by atoms with Gasteiger partial charge in [0.25, 0.3) is 0 Å². The van der Waals surface area contributed by atoms with Gasteiger partial charge in [0.15, 0.2) is 0 Å². The summed E-state index contributed by atoms with van der Waals surface area (Å²) in [7, 11) is 0. The number of rotatable bonds is 8. The highest BCUT2D eigenvalue weighted by Crippen LogP contribution is 2.22. The van der Waals surface area contributed by atoms with Crippen LogP contribution in [0, 0.1) is 6.92 Å². The van der Waals surface area contributed by atoms with Gasteiger partial charge in [0.05, 0.1) is 0 Å². The fourth-order valence-electron chi connectivity index (χ4n) is 1.70. The zero-order valence-electron chi connectivity index (χ0n) is 11.3. The summed E-state index contributed by atoms with van der Waals surface area (Å²) >= 11 is 1.95. The van der Waals surface area contributed by atoms with Crippen molar-refractivity contribution in [2.45, 2.75) is 50.2 Å². The average molecular weight is 251 g/mol. The molecule has 0 radical (unpaired) electrons. The lowest BCUT2D eigenvalue weighted by molar-refractivity contribution is 0.616. The Hall–Kier alpha value is -0.470. The van der Waals surface area contributed by atoms with Crippen molar-refractivity contribution in [3.05, 3.63) is 29.8 Å². The molecular weight excluding hydrogens is 226 g/mol. The van der Waals surface area contributed by atoms with Gasteiger partial charge in [-0.05, 0) is 32.0 Å². The Morgan fingerprint density at radius 3 is 2.53 bits per heavy atom. The van der Waals surface area contributed by atoms with E-state index < -0.39 is 0 Å². The monoisotopic (exact) mass is 251 g/mol. The number of benzene rings is 1. The number of unbranched alkanes of at least 4 members (excludes halogenated alkanes) is 2. The molecule has 0 aliphatic carbocycles. The number of hydrogen-bond acceptors (Lipinski definition) is 2. The van der Waals surface area contributed by atoms with E-state index in [-0.39, 0.29) is 0 Å². The first-order chi connectivity index (χ1) is 8.22. The average Bonchev–Trinajstić information content (AvgIpc) is 2.32. The molecule has 0 amide bonds. The Bertz CT molecular complexity index is 294. The van der Waals surface area contributed by atoms with Crippen molar-refractivity contribution < 1.29 is 0 Å². The van der Waals surface area contributed by atoms with Gasteiger partial charge in [0.2, 0.25) is 0 Å². The Kier molecular flexibility index (Phi) is 7.38. The van der Waals surface area contributed by atoms with Crippen molar-refractivity contribution >= 4 is 11.8 Å². The molecule has 1 rings (SSSR count). The molecule has 0 aliphatic rings. The third kappa shape index (κ3) is 6.75. The summed E-state index contributed by atoms with van der Waals surface area (Å²) in [5.41, 5.74) is 1.33. The molecule has 0 aliphatic heterocycles. The second-order valence-electron chi connectivity index (χ2n) is 4.65. The van der Waals surface area contributed by atoms with E-state index in [9.17, 15) is 0 Å². The van der Waals surface area contributed by atoms with E-state index in [0.717, 1.165) is 13.1 Å². The van der Waals surface area contributed by atoms with Crippen LogP contribution in [0.3, 0.4) is 0 Å². The van der Waals surface area contributed by atoms with Gasteiger partial charge in [-0.1, -0.05) is 44.4 Å². The Balaban J connectivity index is 2.16. The van der Waals surface area contributed by atoms with E-state index in [1.807, 2.05) is 11.8 Å². The lowest BCUT2D eigenvalue weighted by atomic mass is 10.2. The van der Waals surface area contributed by atoms with Gasteiger partial charge in [0.1, 0.15) is 0 Å². The Labute approximate surface area is 110 Å². The highest BCUT2D eigenvalue weighted by Gasteiger charge is 2.03. The number of nitrogens with one attached hydrogen (secondary N) is 1. The van der Waals surface area contributed by atoms with Gasteiger partial charge in [-0.2, -0.15) is 0 Å². The van der Waals surface area contributed by atoms with E-state index in [0.29, 0.717) is 5.25 Å². The first-order valence-electron chi connectivity index (χ1n) is 6.66. The fraction of sp³-hybridized carbons (Fsp3) is 0.600. The van der Waals surface area contributed by atoms with E-state index in [4.69, 9.17) is 0 Å². The topological polar surface area (TPSA) is 12.0 Å². The summed E-state index contributed by atoms with van der Waals surface area (Å²) in [4.78, 5) is 1.37. The summed E-state index contributed by atoms with van der Waals surface area (Å²) in [6, 6.07) is 8.80. The molecule has 0 fully saturated rings. The molecule has 0 spiro atoms. The molecule has 1 unspecified atom stereocenters. The maximum Gasteiger partial charge on any atom is 0.0191 e. The number of aryl methyl sites for hydroxylation is 1. The quantitative estimate of drug-likeness (QED) is 0.547. The molecule has 0 heterocycles. The van der Waals surface area contributed by atoms with Crippen LogP contribution in [0.25, 0.3) is 0 Å². The number of thioether (sulfide) groups is 1. The van der Waals surface area contributed by atoms with Gasteiger partial charge in [-0.3, -0.25) is 0 Å². The molecule has 1 aromatic rings. The molecule has 1 atom stereocenters. The molecular formula is C15H25NS. The molecule has 1 nitrogen and oxygen atoms in total. The highest BCUT2D eigenvalue weighted by molar-refractivity contribution is 8.00. The molecule has 0 aromatic heterocycles. The third-order valence-corrected chi connectivity index (χ3v) is 3.86. The minimum Gasteiger partial charge on any atom is -0.316 e. The molecule has 1 aromatic carbocycles. The second kappa shape index (κ2) is 8.60. The van der Waals surface area contributed by atoms with Gasteiger partial charge in [-0.25, -0.2) is 0 Å². The van der Waals surface area contributed by atoms with Crippen LogP contribution in [0.2, 0.25) is 0 Å². The van der Waals surface area contributed by atoms with Crippen molar-refractivity contribution in [3.8, 4) is 0 Å². The van der Waals surface area contributed by atoms with E-state index in [1.165, 1.54) is 29.7 Å². The van der Waals surface area contributed by atoms with Gasteiger partial charge >= 0.3 is 0 Å². The summed E-state index contributed by atoms with van der Waals surface area (Å²) in [6.07, 6.45) is 3.94. The Morgan fingerprint density at radius 2 is 1.88 bits per heavy atom. The lowest BCUT2D eigenvalue weighted by Crippen LogP contribution is -2.23. The van der Waals surface area contributed by atoms with Crippen LogP contribution < -0.4 is 5.32 Å². The molecule has 1 N–H and O–H groups in total. The number of hydrogen-bond donors (Lipinski definition) is 1. The fourth-order valence-corrected chi connectivity index (χ4v) is 2.66. The lowest BCUT2D eigenvalue weighted by Gasteiger charge is -2.12. The van der Waals surface area contributed by atoms with E-state index >= 15 is 0 Å².